The second kappa shape index (κ2) is 6.62. The van der Waals surface area contributed by atoms with Crippen LogP contribution in [0.1, 0.15) is 57.9 Å². The lowest BCUT2D eigenvalue weighted by Crippen LogP contribution is -2.41. The summed E-state index contributed by atoms with van der Waals surface area (Å²) in [6, 6.07) is 8.55. The molecule has 2 nitrogen and oxygen atoms in total. The van der Waals surface area contributed by atoms with Crippen molar-refractivity contribution in [1.29, 1.82) is 0 Å². The van der Waals surface area contributed by atoms with Gasteiger partial charge in [0.05, 0.1) is 7.11 Å². The molecular weight excluding hydrogens is 246 g/mol. The zero-order valence-corrected chi connectivity index (χ0v) is 13.4. The molecule has 0 heterocycles. The molecule has 20 heavy (non-hydrogen) atoms. The summed E-state index contributed by atoms with van der Waals surface area (Å²) in [5.41, 5.74) is 1.60. The van der Waals surface area contributed by atoms with Crippen molar-refractivity contribution in [3.63, 3.8) is 0 Å². The van der Waals surface area contributed by atoms with Crippen molar-refractivity contribution in [2.75, 3.05) is 13.7 Å². The Balaban J connectivity index is 2.14. The molecule has 0 saturated heterocycles. The number of nitrogens with one attached hydrogen (secondary N) is 1. The normalized spacial score (nSPS) is 23.6. The maximum Gasteiger partial charge on any atom is 0.122 e. The standard InChI is InChI=1S/C18H29NO/c1-18(2,3)19-13-14-9-5-6-10-15(14)16-11-7-8-12-17(16)20-4/h7-8,11-12,14-15,19H,5-6,9-10,13H2,1-4H3. The SMILES string of the molecule is COc1ccccc1C1CCCCC1CNC(C)(C)C. The first-order chi connectivity index (χ1) is 9.51. The van der Waals surface area contributed by atoms with Crippen LogP contribution in [0.25, 0.3) is 0 Å². The molecule has 1 aromatic rings. The van der Waals surface area contributed by atoms with Gasteiger partial charge in [-0.3, -0.25) is 0 Å². The topological polar surface area (TPSA) is 21.3 Å². The Morgan fingerprint density at radius 1 is 1.15 bits per heavy atom. The quantitative estimate of drug-likeness (QED) is 0.881. The molecule has 0 spiro atoms. The molecule has 0 aromatic heterocycles. The molecule has 0 aliphatic heterocycles. The van der Waals surface area contributed by atoms with Gasteiger partial charge in [0.1, 0.15) is 5.75 Å². The number of benzene rings is 1. The van der Waals surface area contributed by atoms with Crippen molar-refractivity contribution in [1.82, 2.24) is 5.32 Å². The summed E-state index contributed by atoms with van der Waals surface area (Å²) >= 11 is 0. The van der Waals surface area contributed by atoms with Crippen LogP contribution < -0.4 is 10.1 Å². The van der Waals surface area contributed by atoms with Gasteiger partial charge in [0.2, 0.25) is 0 Å². The summed E-state index contributed by atoms with van der Waals surface area (Å²) < 4.78 is 5.57. The van der Waals surface area contributed by atoms with Crippen LogP contribution in [0.4, 0.5) is 0 Å². The van der Waals surface area contributed by atoms with Gasteiger partial charge >= 0.3 is 0 Å². The van der Waals surface area contributed by atoms with Crippen LogP contribution in [0.15, 0.2) is 24.3 Å². The summed E-state index contributed by atoms with van der Waals surface area (Å²) in [4.78, 5) is 0. The molecule has 0 amide bonds. The summed E-state index contributed by atoms with van der Waals surface area (Å²) in [5, 5.41) is 3.69. The lowest BCUT2D eigenvalue weighted by Gasteiger charge is -2.35. The van der Waals surface area contributed by atoms with E-state index in [1.165, 1.54) is 31.2 Å². The van der Waals surface area contributed by atoms with Crippen molar-refractivity contribution < 1.29 is 4.74 Å². The smallest absolute Gasteiger partial charge is 0.122 e. The Labute approximate surface area is 123 Å². The molecule has 0 radical (unpaired) electrons. The maximum absolute atomic E-state index is 5.57. The zero-order valence-electron chi connectivity index (χ0n) is 13.4. The molecule has 1 aliphatic rings. The summed E-state index contributed by atoms with van der Waals surface area (Å²) in [7, 11) is 1.78. The van der Waals surface area contributed by atoms with Gasteiger partial charge < -0.3 is 10.1 Å². The summed E-state index contributed by atoms with van der Waals surface area (Å²) in [6.07, 6.45) is 5.32. The predicted octanol–water partition coefficient (Wildman–Crippen LogP) is 4.36. The predicted molar refractivity (Wildman–Crippen MR) is 85.4 cm³/mol. The molecule has 2 atom stereocenters. The van der Waals surface area contributed by atoms with E-state index in [0.717, 1.165) is 18.2 Å². The lowest BCUT2D eigenvalue weighted by atomic mass is 9.75. The van der Waals surface area contributed by atoms with Gasteiger partial charge in [-0.05, 0) is 63.6 Å². The van der Waals surface area contributed by atoms with Crippen molar-refractivity contribution in [2.24, 2.45) is 5.92 Å². The Morgan fingerprint density at radius 2 is 1.85 bits per heavy atom. The van der Waals surface area contributed by atoms with Gasteiger partial charge in [-0.25, -0.2) is 0 Å². The van der Waals surface area contributed by atoms with Gasteiger partial charge in [0, 0.05) is 5.54 Å². The third-order valence-electron chi connectivity index (χ3n) is 4.34. The fourth-order valence-corrected chi connectivity index (χ4v) is 3.27. The van der Waals surface area contributed by atoms with Crippen LogP contribution >= 0.6 is 0 Å². The van der Waals surface area contributed by atoms with E-state index in [2.05, 4.69) is 50.4 Å². The van der Waals surface area contributed by atoms with E-state index < -0.39 is 0 Å². The Bertz CT molecular complexity index is 422. The van der Waals surface area contributed by atoms with Crippen molar-refractivity contribution >= 4 is 0 Å². The zero-order chi connectivity index (χ0) is 14.6. The van der Waals surface area contributed by atoms with Gasteiger partial charge in [0.25, 0.3) is 0 Å². The third kappa shape index (κ3) is 3.99. The van der Waals surface area contributed by atoms with E-state index in [9.17, 15) is 0 Å². The monoisotopic (exact) mass is 275 g/mol. The number of methoxy groups -OCH3 is 1. The first-order valence-corrected chi connectivity index (χ1v) is 7.89. The fraction of sp³-hybridized carbons (Fsp3) is 0.667. The van der Waals surface area contributed by atoms with Crippen molar-refractivity contribution in [3.8, 4) is 5.75 Å². The average molecular weight is 275 g/mol. The first kappa shape index (κ1) is 15.4. The highest BCUT2D eigenvalue weighted by Gasteiger charge is 2.29. The van der Waals surface area contributed by atoms with Crippen LogP contribution in [-0.4, -0.2) is 19.2 Å². The second-order valence-corrected chi connectivity index (χ2v) is 7.02. The van der Waals surface area contributed by atoms with Crippen molar-refractivity contribution in [3.05, 3.63) is 29.8 Å². The van der Waals surface area contributed by atoms with E-state index in [-0.39, 0.29) is 5.54 Å². The van der Waals surface area contributed by atoms with Crippen LogP contribution in [-0.2, 0) is 0 Å². The molecular formula is C18H29NO. The molecule has 112 valence electrons. The molecule has 1 aliphatic carbocycles. The van der Waals surface area contributed by atoms with Gasteiger partial charge in [-0.15, -0.1) is 0 Å². The van der Waals surface area contributed by atoms with E-state index >= 15 is 0 Å². The van der Waals surface area contributed by atoms with Crippen molar-refractivity contribution in [2.45, 2.75) is 57.9 Å². The molecule has 1 saturated carbocycles. The fourth-order valence-electron chi connectivity index (χ4n) is 3.27. The highest BCUT2D eigenvalue weighted by atomic mass is 16.5. The largest absolute Gasteiger partial charge is 0.496 e. The molecule has 2 rings (SSSR count). The minimum absolute atomic E-state index is 0.197. The highest BCUT2D eigenvalue weighted by Crippen LogP contribution is 2.41. The van der Waals surface area contributed by atoms with Crippen LogP contribution in [0.3, 0.4) is 0 Å². The van der Waals surface area contributed by atoms with E-state index in [1.807, 2.05) is 0 Å². The Hall–Kier alpha value is -1.02. The summed E-state index contributed by atoms with van der Waals surface area (Å²) in [6.45, 7) is 7.84. The average Bonchev–Trinajstić information content (AvgIpc) is 2.44. The van der Waals surface area contributed by atoms with E-state index in [0.29, 0.717) is 5.92 Å². The number of rotatable bonds is 4. The van der Waals surface area contributed by atoms with Gasteiger partial charge in [-0.1, -0.05) is 31.0 Å². The minimum atomic E-state index is 0.197. The number of para-hydroxylation sites is 1. The third-order valence-corrected chi connectivity index (χ3v) is 4.34. The van der Waals surface area contributed by atoms with Crippen LogP contribution in [0, 0.1) is 5.92 Å². The molecule has 1 fully saturated rings. The van der Waals surface area contributed by atoms with Gasteiger partial charge in [0.15, 0.2) is 0 Å². The molecule has 2 unspecified atom stereocenters. The maximum atomic E-state index is 5.57. The Kier molecular flexibility index (Phi) is 5.09. The number of hydrogen-bond acceptors (Lipinski definition) is 2. The van der Waals surface area contributed by atoms with E-state index in [4.69, 9.17) is 4.74 Å². The highest BCUT2D eigenvalue weighted by molar-refractivity contribution is 5.37. The molecule has 1 N–H and O–H groups in total. The molecule has 1 aromatic carbocycles. The van der Waals surface area contributed by atoms with E-state index in [1.54, 1.807) is 7.11 Å². The number of ether oxygens (including phenoxy) is 1. The minimum Gasteiger partial charge on any atom is -0.496 e. The molecule has 0 bridgehead atoms. The number of hydrogen-bond donors (Lipinski definition) is 1. The summed E-state index contributed by atoms with van der Waals surface area (Å²) in [5.74, 6) is 2.41. The Morgan fingerprint density at radius 3 is 2.55 bits per heavy atom. The van der Waals surface area contributed by atoms with Gasteiger partial charge in [-0.2, -0.15) is 0 Å². The van der Waals surface area contributed by atoms with Crippen LogP contribution in [0.2, 0.25) is 0 Å². The lowest BCUT2D eigenvalue weighted by molar-refractivity contribution is 0.264. The van der Waals surface area contributed by atoms with Crippen LogP contribution in [0.5, 0.6) is 5.75 Å². The molecule has 2 heteroatoms. The first-order valence-electron chi connectivity index (χ1n) is 7.89. The second-order valence-electron chi connectivity index (χ2n) is 7.02.